The van der Waals surface area contributed by atoms with E-state index >= 15 is 0 Å². The largest absolute Gasteiger partial charge is 0.379 e. The van der Waals surface area contributed by atoms with Crippen LogP contribution in [0.5, 0.6) is 0 Å². The highest BCUT2D eigenvalue weighted by molar-refractivity contribution is 4.95. The van der Waals surface area contributed by atoms with Gasteiger partial charge in [0.05, 0.1) is 5.60 Å². The third-order valence-electron chi connectivity index (χ3n) is 3.28. The Morgan fingerprint density at radius 1 is 1.53 bits per heavy atom. The number of hydrogen-bond donors (Lipinski definition) is 1. The summed E-state index contributed by atoms with van der Waals surface area (Å²) in [6, 6.07) is 0.201. The Kier molecular flexibility index (Phi) is 5.15. The first-order valence-corrected chi connectivity index (χ1v) is 6.29. The molecule has 0 aliphatic heterocycles. The van der Waals surface area contributed by atoms with E-state index in [4.69, 9.17) is 10.5 Å². The molecule has 0 aliphatic carbocycles. The molecular formula is C13H25N3O. The van der Waals surface area contributed by atoms with Crippen molar-refractivity contribution in [2.24, 2.45) is 5.73 Å². The van der Waals surface area contributed by atoms with Gasteiger partial charge in [-0.3, -0.25) is 0 Å². The lowest BCUT2D eigenvalue weighted by Crippen LogP contribution is -2.26. The van der Waals surface area contributed by atoms with Crippen LogP contribution >= 0.6 is 0 Å². The minimum absolute atomic E-state index is 0.0889. The van der Waals surface area contributed by atoms with E-state index in [1.807, 2.05) is 12.4 Å². The molecule has 1 rings (SSSR count). The van der Waals surface area contributed by atoms with Crippen molar-refractivity contribution >= 4 is 0 Å². The number of aryl methyl sites for hydroxylation is 1. The molecule has 0 radical (unpaired) electrons. The Morgan fingerprint density at radius 2 is 2.24 bits per heavy atom. The van der Waals surface area contributed by atoms with Gasteiger partial charge >= 0.3 is 0 Å². The summed E-state index contributed by atoms with van der Waals surface area (Å²) in [4.78, 5) is 4.37. The standard InChI is InChI=1S/C13H25N3O/c1-5-11(14)10-12-15-7-9-16(12)8-6-13(2,3)17-4/h7,9,11H,5-6,8,10,14H2,1-4H3. The molecule has 0 bridgehead atoms. The fourth-order valence-electron chi connectivity index (χ4n) is 1.60. The molecule has 1 aromatic rings. The third kappa shape index (κ3) is 4.48. The second-order valence-corrected chi connectivity index (χ2v) is 5.12. The monoisotopic (exact) mass is 239 g/mol. The molecule has 0 saturated heterocycles. The number of imidazole rings is 1. The van der Waals surface area contributed by atoms with Crippen molar-refractivity contribution in [3.8, 4) is 0 Å². The third-order valence-corrected chi connectivity index (χ3v) is 3.28. The van der Waals surface area contributed by atoms with Gasteiger partial charge in [-0.15, -0.1) is 0 Å². The van der Waals surface area contributed by atoms with Crippen molar-refractivity contribution < 1.29 is 4.74 Å². The first-order chi connectivity index (χ1) is 7.98. The summed E-state index contributed by atoms with van der Waals surface area (Å²) in [5.41, 5.74) is 5.87. The maximum absolute atomic E-state index is 5.96. The van der Waals surface area contributed by atoms with Crippen LogP contribution in [-0.2, 0) is 17.7 Å². The maximum atomic E-state index is 5.96. The minimum Gasteiger partial charge on any atom is -0.379 e. The summed E-state index contributed by atoms with van der Waals surface area (Å²) in [7, 11) is 1.75. The second kappa shape index (κ2) is 6.17. The van der Waals surface area contributed by atoms with Gasteiger partial charge in [0.25, 0.3) is 0 Å². The molecule has 0 aromatic carbocycles. The van der Waals surface area contributed by atoms with E-state index in [9.17, 15) is 0 Å². The van der Waals surface area contributed by atoms with Crippen LogP contribution in [0.15, 0.2) is 12.4 Å². The van der Waals surface area contributed by atoms with Crippen LogP contribution < -0.4 is 5.73 Å². The number of rotatable bonds is 7. The molecule has 2 N–H and O–H groups in total. The molecule has 0 aliphatic rings. The fraction of sp³-hybridized carbons (Fsp3) is 0.769. The van der Waals surface area contributed by atoms with Gasteiger partial charge in [0, 0.05) is 38.5 Å². The maximum Gasteiger partial charge on any atom is 0.110 e. The Morgan fingerprint density at radius 3 is 2.82 bits per heavy atom. The molecule has 98 valence electrons. The van der Waals surface area contributed by atoms with Gasteiger partial charge < -0.3 is 15.0 Å². The number of aromatic nitrogens is 2. The molecule has 1 atom stereocenters. The van der Waals surface area contributed by atoms with Crippen molar-refractivity contribution in [1.82, 2.24) is 9.55 Å². The Hall–Kier alpha value is -0.870. The van der Waals surface area contributed by atoms with E-state index in [2.05, 4.69) is 30.3 Å². The lowest BCUT2D eigenvalue weighted by atomic mass is 10.1. The molecule has 0 amide bonds. The molecule has 0 saturated carbocycles. The van der Waals surface area contributed by atoms with Gasteiger partial charge in [-0.1, -0.05) is 6.92 Å². The quantitative estimate of drug-likeness (QED) is 0.791. The normalized spacial score (nSPS) is 13.9. The number of ether oxygens (including phenoxy) is 1. The topological polar surface area (TPSA) is 53.1 Å². The van der Waals surface area contributed by atoms with Crippen LogP contribution in [0.2, 0.25) is 0 Å². The van der Waals surface area contributed by atoms with Gasteiger partial charge in [0.1, 0.15) is 5.82 Å². The zero-order chi connectivity index (χ0) is 12.9. The predicted molar refractivity (Wildman–Crippen MR) is 69.9 cm³/mol. The fourth-order valence-corrected chi connectivity index (χ4v) is 1.60. The van der Waals surface area contributed by atoms with Gasteiger partial charge in [-0.25, -0.2) is 4.98 Å². The van der Waals surface area contributed by atoms with Gasteiger partial charge in [0.2, 0.25) is 0 Å². The summed E-state index contributed by atoms with van der Waals surface area (Å²) in [6.07, 6.45) is 6.66. The van der Waals surface area contributed by atoms with Gasteiger partial charge in [-0.2, -0.15) is 0 Å². The van der Waals surface area contributed by atoms with Crippen LogP contribution in [0, 0.1) is 0 Å². The van der Waals surface area contributed by atoms with Crippen molar-refractivity contribution in [2.75, 3.05) is 7.11 Å². The van der Waals surface area contributed by atoms with Crippen LogP contribution in [0.1, 0.15) is 39.4 Å². The lowest BCUT2D eigenvalue weighted by molar-refractivity contribution is 0.0119. The molecule has 0 spiro atoms. The first kappa shape index (κ1) is 14.2. The smallest absolute Gasteiger partial charge is 0.110 e. The van der Waals surface area contributed by atoms with E-state index in [-0.39, 0.29) is 11.6 Å². The average Bonchev–Trinajstić information content (AvgIpc) is 2.74. The Balaban J connectivity index is 2.57. The van der Waals surface area contributed by atoms with Crippen molar-refractivity contribution in [3.05, 3.63) is 18.2 Å². The summed E-state index contributed by atoms with van der Waals surface area (Å²) in [5, 5.41) is 0. The number of nitrogens with two attached hydrogens (primary N) is 1. The van der Waals surface area contributed by atoms with Crippen LogP contribution in [0.25, 0.3) is 0 Å². The molecule has 1 heterocycles. The second-order valence-electron chi connectivity index (χ2n) is 5.12. The summed E-state index contributed by atoms with van der Waals surface area (Å²) >= 11 is 0. The molecular weight excluding hydrogens is 214 g/mol. The Labute approximate surface area is 104 Å². The molecule has 1 unspecified atom stereocenters. The zero-order valence-corrected chi connectivity index (χ0v) is 11.4. The van der Waals surface area contributed by atoms with Crippen molar-refractivity contribution in [1.29, 1.82) is 0 Å². The molecule has 0 fully saturated rings. The summed E-state index contributed by atoms with van der Waals surface area (Å²) < 4.78 is 7.60. The Bertz CT molecular complexity index is 333. The van der Waals surface area contributed by atoms with E-state index in [1.165, 1.54) is 0 Å². The molecule has 4 heteroatoms. The van der Waals surface area contributed by atoms with Crippen LogP contribution in [0.4, 0.5) is 0 Å². The van der Waals surface area contributed by atoms with Crippen LogP contribution in [0.3, 0.4) is 0 Å². The van der Waals surface area contributed by atoms with Gasteiger partial charge in [-0.05, 0) is 26.7 Å². The predicted octanol–water partition coefficient (Wildman–Crippen LogP) is 1.98. The molecule has 1 aromatic heterocycles. The van der Waals surface area contributed by atoms with Crippen molar-refractivity contribution in [3.63, 3.8) is 0 Å². The van der Waals surface area contributed by atoms with E-state index < -0.39 is 0 Å². The number of nitrogens with zero attached hydrogens (tertiary/aromatic N) is 2. The van der Waals surface area contributed by atoms with Crippen LogP contribution in [-0.4, -0.2) is 28.3 Å². The average molecular weight is 239 g/mol. The SMILES string of the molecule is CCC(N)Cc1nccn1CCC(C)(C)OC. The lowest BCUT2D eigenvalue weighted by Gasteiger charge is -2.23. The zero-order valence-electron chi connectivity index (χ0n) is 11.4. The minimum atomic E-state index is -0.0889. The van der Waals surface area contributed by atoms with Crippen molar-refractivity contribution in [2.45, 2.75) is 58.2 Å². The molecule has 4 nitrogen and oxygen atoms in total. The highest BCUT2D eigenvalue weighted by Crippen LogP contribution is 2.15. The summed E-state index contributed by atoms with van der Waals surface area (Å²) in [6.45, 7) is 7.22. The van der Waals surface area contributed by atoms with E-state index in [1.54, 1.807) is 7.11 Å². The first-order valence-electron chi connectivity index (χ1n) is 6.29. The highest BCUT2D eigenvalue weighted by atomic mass is 16.5. The van der Waals surface area contributed by atoms with E-state index in [0.717, 1.165) is 31.6 Å². The summed E-state index contributed by atoms with van der Waals surface area (Å²) in [5.74, 6) is 1.08. The van der Waals surface area contributed by atoms with E-state index in [0.29, 0.717) is 0 Å². The number of methoxy groups -OCH3 is 1. The number of hydrogen-bond acceptors (Lipinski definition) is 3. The van der Waals surface area contributed by atoms with Gasteiger partial charge in [0.15, 0.2) is 0 Å². The molecule has 17 heavy (non-hydrogen) atoms. The highest BCUT2D eigenvalue weighted by Gasteiger charge is 2.17.